The maximum atomic E-state index is 14.0. The summed E-state index contributed by atoms with van der Waals surface area (Å²) in [6.45, 7) is 6.39. The molecule has 1 N–H and O–H groups in total. The van der Waals surface area contributed by atoms with Crippen LogP contribution >= 0.6 is 30.3 Å². The summed E-state index contributed by atoms with van der Waals surface area (Å²) < 4.78 is 21.6. The van der Waals surface area contributed by atoms with Crippen molar-refractivity contribution < 1.29 is 9.09 Å². The number of hydrogen-bond donors (Lipinski definition) is 1. The number of hydrogen-bond acceptors (Lipinski definition) is 4. The number of nitrogens with one attached hydrogen (secondary N) is 1. The summed E-state index contributed by atoms with van der Waals surface area (Å²) in [5, 5.41) is 3.99. The largest absolute Gasteiger partial charge is 0.362 e. The van der Waals surface area contributed by atoms with Gasteiger partial charge in [0.1, 0.15) is 0 Å². The van der Waals surface area contributed by atoms with E-state index >= 15 is 0 Å². The monoisotopic (exact) mass is 464 g/mol. The molecule has 2 aromatic carbocycles. The van der Waals surface area contributed by atoms with Crippen LogP contribution in [0.15, 0.2) is 54.6 Å². The van der Waals surface area contributed by atoms with Crippen LogP contribution in [-0.2, 0) is 22.1 Å². The molecule has 0 aliphatic rings. The first-order chi connectivity index (χ1) is 14.4. The summed E-state index contributed by atoms with van der Waals surface area (Å²) in [6, 6.07) is 18.5. The van der Waals surface area contributed by atoms with E-state index in [-0.39, 0.29) is 5.25 Å². The van der Waals surface area contributed by atoms with Crippen molar-refractivity contribution >= 4 is 35.4 Å². The Morgan fingerprint density at radius 3 is 2.40 bits per heavy atom. The quantitative estimate of drug-likeness (QED) is 0.299. The zero-order chi connectivity index (χ0) is 22.0. The third kappa shape index (κ3) is 7.73. The van der Waals surface area contributed by atoms with E-state index in [1.165, 1.54) is 22.5 Å². The van der Waals surface area contributed by atoms with E-state index < -0.39 is 6.72 Å². The minimum Gasteiger partial charge on any atom is -0.362 e. The maximum absolute atomic E-state index is 14.0. The van der Waals surface area contributed by atoms with Crippen LogP contribution in [0.5, 0.6) is 0 Å². The lowest BCUT2D eigenvalue weighted by Gasteiger charge is -2.33. The fourth-order valence-electron chi connectivity index (χ4n) is 2.81. The highest BCUT2D eigenvalue weighted by atomic mass is 32.7. The predicted molar refractivity (Wildman–Crippen MR) is 134 cm³/mol. The standard InChI is InChI=1S/C23H33N2O2PS2/c1-5-20(4)30-28(26,27-6-2)25(18-22-14-12-19(3)13-15-22)23(29)24-17-16-21-10-8-7-9-11-21/h7-15,20H,5-6,16-18H2,1-4H3,(H,24,29). The van der Waals surface area contributed by atoms with Gasteiger partial charge in [-0.25, -0.2) is 0 Å². The fourth-order valence-corrected chi connectivity index (χ4v) is 8.40. The van der Waals surface area contributed by atoms with Crippen LogP contribution in [0, 0.1) is 6.92 Å². The fraction of sp³-hybridized carbons (Fsp3) is 0.435. The molecule has 0 fully saturated rings. The molecular formula is C23H33N2O2PS2. The van der Waals surface area contributed by atoms with Crippen molar-refractivity contribution in [1.82, 2.24) is 9.99 Å². The number of benzene rings is 2. The third-order valence-electron chi connectivity index (χ3n) is 4.70. The second-order valence-corrected chi connectivity index (χ2v) is 12.3. The van der Waals surface area contributed by atoms with Crippen molar-refractivity contribution in [3.05, 3.63) is 71.3 Å². The molecule has 0 aromatic heterocycles. The molecule has 30 heavy (non-hydrogen) atoms. The molecule has 0 aliphatic carbocycles. The summed E-state index contributed by atoms with van der Waals surface area (Å²) in [4.78, 5) is 0. The van der Waals surface area contributed by atoms with Crippen LogP contribution in [0.25, 0.3) is 0 Å². The smallest absolute Gasteiger partial charge is 0.355 e. The third-order valence-corrected chi connectivity index (χ3v) is 10.5. The van der Waals surface area contributed by atoms with Gasteiger partial charge in [0.25, 0.3) is 0 Å². The molecular weight excluding hydrogens is 431 g/mol. The predicted octanol–water partition coefficient (Wildman–Crippen LogP) is 6.59. The molecule has 0 saturated carbocycles. The van der Waals surface area contributed by atoms with Crippen molar-refractivity contribution in [2.75, 3.05) is 13.2 Å². The SMILES string of the molecule is CCOP(=O)(SC(C)CC)N(Cc1ccc(C)cc1)C(=S)NCCc1ccccc1. The number of nitrogens with zero attached hydrogens (tertiary/aromatic N) is 1. The highest BCUT2D eigenvalue weighted by Crippen LogP contribution is 2.64. The molecule has 0 aliphatic heterocycles. The first-order valence-corrected chi connectivity index (χ1v) is 13.9. The minimum atomic E-state index is -3.20. The summed E-state index contributed by atoms with van der Waals surface area (Å²) in [6.07, 6.45) is 1.76. The van der Waals surface area contributed by atoms with Gasteiger partial charge in [0, 0.05) is 11.8 Å². The molecule has 0 radical (unpaired) electrons. The van der Waals surface area contributed by atoms with Crippen LogP contribution in [0.4, 0.5) is 0 Å². The molecule has 2 rings (SSSR count). The van der Waals surface area contributed by atoms with Gasteiger partial charge in [0.15, 0.2) is 5.11 Å². The van der Waals surface area contributed by atoms with Gasteiger partial charge < -0.3 is 9.84 Å². The molecule has 4 nitrogen and oxygen atoms in total. The Hall–Kier alpha value is -1.33. The molecule has 2 atom stereocenters. The second kappa shape index (κ2) is 12.5. The van der Waals surface area contributed by atoms with Gasteiger partial charge in [-0.05, 0) is 61.4 Å². The number of thiocarbonyl (C=S) groups is 1. The average Bonchev–Trinajstić information content (AvgIpc) is 2.74. The van der Waals surface area contributed by atoms with E-state index in [2.05, 4.69) is 62.5 Å². The van der Waals surface area contributed by atoms with E-state index in [1.54, 1.807) is 4.67 Å². The number of aryl methyl sites for hydroxylation is 1. The van der Waals surface area contributed by atoms with E-state index in [9.17, 15) is 4.57 Å². The van der Waals surface area contributed by atoms with Crippen LogP contribution in [0.3, 0.4) is 0 Å². The molecule has 2 unspecified atom stereocenters. The zero-order valence-corrected chi connectivity index (χ0v) is 20.9. The van der Waals surface area contributed by atoms with E-state index in [0.29, 0.717) is 24.8 Å². The molecule has 0 spiro atoms. The highest BCUT2D eigenvalue weighted by molar-refractivity contribution is 8.56. The summed E-state index contributed by atoms with van der Waals surface area (Å²) in [5.41, 5.74) is 3.48. The lowest BCUT2D eigenvalue weighted by Crippen LogP contribution is -2.38. The summed E-state index contributed by atoms with van der Waals surface area (Å²) >= 11 is 7.11. The van der Waals surface area contributed by atoms with Crippen molar-refractivity contribution in [2.24, 2.45) is 0 Å². The molecule has 0 saturated heterocycles. The Morgan fingerprint density at radius 1 is 1.13 bits per heavy atom. The van der Waals surface area contributed by atoms with E-state index in [1.807, 2.05) is 25.1 Å². The van der Waals surface area contributed by atoms with Crippen LogP contribution < -0.4 is 5.32 Å². The first-order valence-electron chi connectivity index (χ1n) is 10.5. The molecule has 7 heteroatoms. The van der Waals surface area contributed by atoms with Gasteiger partial charge in [0.05, 0.1) is 13.2 Å². The van der Waals surface area contributed by atoms with Crippen LogP contribution in [0.2, 0.25) is 0 Å². The molecule has 0 amide bonds. The van der Waals surface area contributed by atoms with Gasteiger partial charge in [-0.1, -0.05) is 74.0 Å². The lowest BCUT2D eigenvalue weighted by atomic mass is 10.1. The van der Waals surface area contributed by atoms with E-state index in [4.69, 9.17) is 16.7 Å². The van der Waals surface area contributed by atoms with Crippen molar-refractivity contribution in [3.63, 3.8) is 0 Å². The first kappa shape index (κ1) is 24.9. The Balaban J connectivity index is 2.20. The molecule has 2 aromatic rings. The average molecular weight is 465 g/mol. The molecule has 164 valence electrons. The van der Waals surface area contributed by atoms with Crippen LogP contribution in [0.1, 0.15) is 43.9 Å². The van der Waals surface area contributed by atoms with Crippen molar-refractivity contribution in [1.29, 1.82) is 0 Å². The van der Waals surface area contributed by atoms with Crippen molar-refractivity contribution in [2.45, 2.75) is 52.3 Å². The molecule has 0 heterocycles. The van der Waals surface area contributed by atoms with Gasteiger partial charge in [-0.15, -0.1) is 0 Å². The Morgan fingerprint density at radius 2 is 1.80 bits per heavy atom. The number of rotatable bonds is 11. The van der Waals surface area contributed by atoms with Gasteiger partial charge in [-0.2, -0.15) is 0 Å². The Kier molecular flexibility index (Phi) is 10.4. The highest BCUT2D eigenvalue weighted by Gasteiger charge is 2.36. The topological polar surface area (TPSA) is 41.6 Å². The maximum Gasteiger partial charge on any atom is 0.355 e. The molecule has 0 bridgehead atoms. The normalized spacial score (nSPS) is 14.0. The Bertz CT molecular complexity index is 831. The van der Waals surface area contributed by atoms with Crippen LogP contribution in [-0.4, -0.2) is 28.2 Å². The van der Waals surface area contributed by atoms with Gasteiger partial charge in [-0.3, -0.25) is 9.24 Å². The van der Waals surface area contributed by atoms with Gasteiger partial charge >= 0.3 is 6.72 Å². The second-order valence-electron chi connectivity index (χ2n) is 7.22. The van der Waals surface area contributed by atoms with E-state index in [0.717, 1.165) is 18.4 Å². The Labute approximate surface area is 191 Å². The zero-order valence-electron chi connectivity index (χ0n) is 18.3. The van der Waals surface area contributed by atoms with Gasteiger partial charge in [0.2, 0.25) is 0 Å². The van der Waals surface area contributed by atoms with Crippen molar-refractivity contribution in [3.8, 4) is 0 Å². The lowest BCUT2D eigenvalue weighted by molar-refractivity contribution is 0.313. The summed E-state index contributed by atoms with van der Waals surface area (Å²) in [7, 11) is 0. The summed E-state index contributed by atoms with van der Waals surface area (Å²) in [5.74, 6) is 0. The minimum absolute atomic E-state index is 0.204.